The minimum Gasteiger partial charge on any atom is -0.330 e. The number of pyridine rings is 1. The number of rotatable bonds is 3. The maximum Gasteiger partial charge on any atom is 0.113 e. The van der Waals surface area contributed by atoms with Gasteiger partial charge in [0.05, 0.1) is 11.7 Å². The number of hydrogen-bond acceptors (Lipinski definition) is 2. The maximum atomic E-state index is 5.45. The second kappa shape index (κ2) is 6.67. The molecule has 0 atom stereocenters. The smallest absolute Gasteiger partial charge is 0.113 e. The van der Waals surface area contributed by atoms with Crippen LogP contribution >= 0.6 is 24.8 Å². The van der Waals surface area contributed by atoms with Crippen LogP contribution in [0, 0.1) is 0 Å². The van der Waals surface area contributed by atoms with Gasteiger partial charge in [-0.1, -0.05) is 6.07 Å². The summed E-state index contributed by atoms with van der Waals surface area (Å²) in [5.41, 5.74) is 6.60. The van der Waals surface area contributed by atoms with Crippen LogP contribution in [0.3, 0.4) is 0 Å². The Morgan fingerprint density at radius 2 is 2.07 bits per heavy atom. The van der Waals surface area contributed by atoms with E-state index >= 15 is 0 Å². The molecule has 3 nitrogen and oxygen atoms in total. The highest BCUT2D eigenvalue weighted by Gasteiger charge is 2.00. The molecule has 2 heterocycles. The number of aromatic nitrogens is 2. The molecule has 15 heavy (non-hydrogen) atoms. The normalized spacial score (nSPS) is 9.40. The van der Waals surface area contributed by atoms with Crippen molar-refractivity contribution in [1.29, 1.82) is 0 Å². The van der Waals surface area contributed by atoms with Crippen molar-refractivity contribution in [3.8, 4) is 0 Å². The zero-order valence-corrected chi connectivity index (χ0v) is 9.93. The lowest BCUT2D eigenvalue weighted by molar-refractivity contribution is 0.778. The lowest BCUT2D eigenvalue weighted by atomic mass is 10.3. The van der Waals surface area contributed by atoms with E-state index in [1.807, 2.05) is 24.5 Å². The number of aryl methyl sites for hydroxylation is 1. The second-order valence-electron chi connectivity index (χ2n) is 3.06. The summed E-state index contributed by atoms with van der Waals surface area (Å²) < 4.78 is 2.11. The van der Waals surface area contributed by atoms with Crippen LogP contribution in [0.15, 0.2) is 30.6 Å². The van der Waals surface area contributed by atoms with Gasteiger partial charge in [-0.2, -0.15) is 0 Å². The van der Waals surface area contributed by atoms with Gasteiger partial charge >= 0.3 is 0 Å². The maximum absolute atomic E-state index is 5.45. The fourth-order valence-electron chi connectivity index (χ4n) is 1.44. The highest BCUT2D eigenvalue weighted by molar-refractivity contribution is 5.85. The number of nitrogens with zero attached hydrogens (tertiary/aromatic N) is 2. The van der Waals surface area contributed by atoms with E-state index in [2.05, 4.69) is 15.5 Å². The average molecular weight is 248 g/mol. The van der Waals surface area contributed by atoms with E-state index in [0.717, 1.165) is 30.7 Å². The van der Waals surface area contributed by atoms with E-state index in [1.54, 1.807) is 0 Å². The number of nitrogens with two attached hydrogens (primary N) is 1. The largest absolute Gasteiger partial charge is 0.330 e. The van der Waals surface area contributed by atoms with Gasteiger partial charge in [-0.25, -0.2) is 4.98 Å². The van der Waals surface area contributed by atoms with Crippen LogP contribution in [-0.4, -0.2) is 15.9 Å². The molecule has 0 unspecified atom stereocenters. The fraction of sp³-hybridized carbons (Fsp3) is 0.300. The summed E-state index contributed by atoms with van der Waals surface area (Å²) in [5, 5.41) is 0. The molecule has 0 radical (unpaired) electrons. The van der Waals surface area contributed by atoms with Gasteiger partial charge in [0.1, 0.15) is 5.82 Å². The third-order valence-corrected chi connectivity index (χ3v) is 2.12. The van der Waals surface area contributed by atoms with Crippen molar-refractivity contribution >= 4 is 30.3 Å². The Kier molecular flexibility index (Phi) is 6.32. The first-order chi connectivity index (χ1) is 6.42. The molecule has 2 aromatic rings. The Balaban J connectivity index is 0.000000980. The summed E-state index contributed by atoms with van der Waals surface area (Å²) in [4.78, 5) is 4.34. The molecule has 0 aliphatic carbocycles. The van der Waals surface area contributed by atoms with Gasteiger partial charge in [0.25, 0.3) is 0 Å². The van der Waals surface area contributed by atoms with Gasteiger partial charge in [-0.05, 0) is 25.1 Å². The Hall–Kier alpha value is -0.770. The average Bonchev–Trinajstić information content (AvgIpc) is 2.58. The highest BCUT2D eigenvalue weighted by atomic mass is 35.5. The van der Waals surface area contributed by atoms with Gasteiger partial charge in [-0.3, -0.25) is 0 Å². The molecule has 0 spiro atoms. The molecule has 0 bridgehead atoms. The van der Waals surface area contributed by atoms with Gasteiger partial charge in [0, 0.05) is 12.6 Å². The highest BCUT2D eigenvalue weighted by Crippen LogP contribution is 2.07. The second-order valence-corrected chi connectivity index (χ2v) is 3.06. The molecule has 2 N–H and O–H groups in total. The summed E-state index contributed by atoms with van der Waals surface area (Å²) in [6.45, 7) is 0.724. The zero-order chi connectivity index (χ0) is 9.10. The van der Waals surface area contributed by atoms with Crippen molar-refractivity contribution in [3.05, 3.63) is 36.4 Å². The van der Waals surface area contributed by atoms with Crippen LogP contribution in [-0.2, 0) is 6.42 Å². The monoisotopic (exact) mass is 247 g/mol. The van der Waals surface area contributed by atoms with Crippen LogP contribution in [0.5, 0.6) is 0 Å². The topological polar surface area (TPSA) is 43.3 Å². The third kappa shape index (κ3) is 3.09. The predicted molar refractivity (Wildman–Crippen MR) is 67.1 cm³/mol. The summed E-state index contributed by atoms with van der Waals surface area (Å²) in [6.07, 6.45) is 5.88. The van der Waals surface area contributed by atoms with Crippen LogP contribution in [0.1, 0.15) is 12.2 Å². The summed E-state index contributed by atoms with van der Waals surface area (Å²) in [6, 6.07) is 6.09. The minimum absolute atomic E-state index is 0. The SMILES string of the molecule is Cl.Cl.NCCCc1ncc2ccccn12. The molecule has 5 heteroatoms. The summed E-state index contributed by atoms with van der Waals surface area (Å²) in [7, 11) is 0. The Labute approximate surface area is 102 Å². The Bertz CT molecular complexity index is 400. The van der Waals surface area contributed by atoms with Crippen molar-refractivity contribution < 1.29 is 0 Å². The van der Waals surface area contributed by atoms with Crippen molar-refractivity contribution in [2.24, 2.45) is 5.73 Å². The van der Waals surface area contributed by atoms with Crippen LogP contribution in [0.4, 0.5) is 0 Å². The van der Waals surface area contributed by atoms with E-state index in [9.17, 15) is 0 Å². The van der Waals surface area contributed by atoms with E-state index < -0.39 is 0 Å². The molecule has 0 saturated heterocycles. The first-order valence-electron chi connectivity index (χ1n) is 4.53. The molecular formula is C10H15Cl2N3. The molecular weight excluding hydrogens is 233 g/mol. The quantitative estimate of drug-likeness (QED) is 0.903. The van der Waals surface area contributed by atoms with Crippen molar-refractivity contribution in [2.45, 2.75) is 12.8 Å². The molecule has 0 aliphatic rings. The number of halogens is 2. The first kappa shape index (κ1) is 14.2. The lowest BCUT2D eigenvalue weighted by Crippen LogP contribution is -2.02. The molecule has 0 aliphatic heterocycles. The van der Waals surface area contributed by atoms with E-state index in [-0.39, 0.29) is 24.8 Å². The molecule has 84 valence electrons. The van der Waals surface area contributed by atoms with E-state index in [1.165, 1.54) is 0 Å². The first-order valence-corrected chi connectivity index (χ1v) is 4.53. The number of hydrogen-bond donors (Lipinski definition) is 1. The van der Waals surface area contributed by atoms with Gasteiger partial charge in [-0.15, -0.1) is 24.8 Å². The fourth-order valence-corrected chi connectivity index (χ4v) is 1.44. The summed E-state index contributed by atoms with van der Waals surface area (Å²) >= 11 is 0. The van der Waals surface area contributed by atoms with Crippen molar-refractivity contribution in [2.75, 3.05) is 6.54 Å². The molecule has 2 aromatic heterocycles. The predicted octanol–water partition coefficient (Wildman–Crippen LogP) is 2.07. The molecule has 0 amide bonds. The lowest BCUT2D eigenvalue weighted by Gasteiger charge is -1.98. The van der Waals surface area contributed by atoms with Gasteiger partial charge in [0.2, 0.25) is 0 Å². The Morgan fingerprint density at radius 1 is 1.27 bits per heavy atom. The molecule has 2 rings (SSSR count). The number of fused-ring (bicyclic) bond motifs is 1. The van der Waals surface area contributed by atoms with E-state index in [4.69, 9.17) is 5.73 Å². The summed E-state index contributed by atoms with van der Waals surface area (Å²) in [5.74, 6) is 1.10. The van der Waals surface area contributed by atoms with Crippen LogP contribution in [0.2, 0.25) is 0 Å². The molecule has 0 saturated carbocycles. The molecule has 0 aromatic carbocycles. The van der Waals surface area contributed by atoms with Crippen molar-refractivity contribution in [1.82, 2.24) is 9.38 Å². The van der Waals surface area contributed by atoms with Crippen molar-refractivity contribution in [3.63, 3.8) is 0 Å². The molecule has 0 fully saturated rings. The van der Waals surface area contributed by atoms with Gasteiger partial charge in [0.15, 0.2) is 0 Å². The number of imidazole rings is 1. The van der Waals surface area contributed by atoms with E-state index in [0.29, 0.717) is 0 Å². The minimum atomic E-state index is 0. The Morgan fingerprint density at radius 3 is 2.80 bits per heavy atom. The van der Waals surface area contributed by atoms with Crippen LogP contribution in [0.25, 0.3) is 5.52 Å². The standard InChI is InChI=1S/C10H13N3.2ClH/c11-6-3-5-10-12-8-9-4-1-2-7-13(9)10;;/h1-2,4,7-8H,3,5-6,11H2;2*1H. The van der Waals surface area contributed by atoms with Crippen LogP contribution < -0.4 is 5.73 Å². The third-order valence-electron chi connectivity index (χ3n) is 2.12. The zero-order valence-electron chi connectivity index (χ0n) is 8.30. The van der Waals surface area contributed by atoms with Gasteiger partial charge < -0.3 is 10.1 Å².